The van der Waals surface area contributed by atoms with Crippen LogP contribution in [0.2, 0.25) is 5.02 Å². The molecule has 0 radical (unpaired) electrons. The van der Waals surface area contributed by atoms with Crippen molar-refractivity contribution in [2.45, 2.75) is 45.3 Å². The Labute approximate surface area is 184 Å². The molecule has 1 saturated carbocycles. The highest BCUT2D eigenvalue weighted by Crippen LogP contribution is 2.40. The van der Waals surface area contributed by atoms with E-state index in [1.54, 1.807) is 4.90 Å². The molecular weight excluding hydrogens is 425 g/mol. The van der Waals surface area contributed by atoms with Crippen molar-refractivity contribution in [1.82, 2.24) is 15.4 Å². The average Bonchev–Trinajstić information content (AvgIpc) is 3.36. The maximum Gasteiger partial charge on any atom is 0.407 e. The predicted molar refractivity (Wildman–Crippen MR) is 112 cm³/mol. The van der Waals surface area contributed by atoms with Crippen LogP contribution in [0, 0.1) is 17.7 Å². The van der Waals surface area contributed by atoms with Gasteiger partial charge in [-0.1, -0.05) is 16.8 Å². The molecule has 9 heteroatoms. The number of hydrogen-bond donors (Lipinski definition) is 1. The summed E-state index contributed by atoms with van der Waals surface area (Å²) < 4.78 is 24.1. The number of carbonyl (C=O) groups is 2. The molecule has 0 bridgehead atoms. The molecule has 1 saturated heterocycles. The van der Waals surface area contributed by atoms with Gasteiger partial charge in [-0.25, -0.2) is 9.18 Å². The lowest BCUT2D eigenvalue weighted by Gasteiger charge is -2.25. The SMILES string of the molecule is CC(C)(C)OC(=O)N[C@@H]1CC[C@H]2CN(C(=O)c3cnoc3-c3ccc(F)cc3Cl)C[C@@H]21. The van der Waals surface area contributed by atoms with Crippen LogP contribution in [0.15, 0.2) is 28.9 Å². The van der Waals surface area contributed by atoms with E-state index in [1.165, 1.54) is 24.4 Å². The number of likely N-dealkylation sites (tertiary alicyclic amines) is 1. The molecule has 2 amide bonds. The molecule has 2 aliphatic rings. The number of nitrogens with zero attached hydrogens (tertiary/aromatic N) is 2. The van der Waals surface area contributed by atoms with Crippen LogP contribution < -0.4 is 5.32 Å². The first kappa shape index (κ1) is 21.6. The van der Waals surface area contributed by atoms with Gasteiger partial charge in [0.1, 0.15) is 17.0 Å². The van der Waals surface area contributed by atoms with Crippen molar-refractivity contribution in [2.24, 2.45) is 11.8 Å². The number of ether oxygens (including phenoxy) is 1. The molecule has 1 N–H and O–H groups in total. The Morgan fingerprint density at radius 3 is 2.77 bits per heavy atom. The summed E-state index contributed by atoms with van der Waals surface area (Å²) in [4.78, 5) is 27.2. The maximum atomic E-state index is 13.4. The van der Waals surface area contributed by atoms with Crippen molar-refractivity contribution in [3.05, 3.63) is 40.8 Å². The lowest BCUT2D eigenvalue weighted by atomic mass is 9.98. The standard InChI is InChI=1S/C22H25ClFN3O4/c1-22(2,3)30-21(29)26-18-7-4-12-10-27(11-16(12)18)20(28)15-9-25-31-19(15)14-6-5-13(24)8-17(14)23/h5-6,8-9,12,16,18H,4,7,10-11H2,1-3H3,(H,26,29)/t12-,16-,18+/m0/s1. The Kier molecular flexibility index (Phi) is 5.68. The molecule has 1 aliphatic heterocycles. The summed E-state index contributed by atoms with van der Waals surface area (Å²) in [5, 5.41) is 6.88. The molecule has 2 aromatic rings. The Bertz CT molecular complexity index is 1000. The highest BCUT2D eigenvalue weighted by Gasteiger charge is 2.45. The molecule has 0 unspecified atom stereocenters. The maximum absolute atomic E-state index is 13.4. The van der Waals surface area contributed by atoms with E-state index in [4.69, 9.17) is 20.9 Å². The molecule has 4 rings (SSSR count). The van der Waals surface area contributed by atoms with Crippen molar-refractivity contribution >= 4 is 23.6 Å². The summed E-state index contributed by atoms with van der Waals surface area (Å²) in [6.07, 6.45) is 2.72. The number of hydrogen-bond acceptors (Lipinski definition) is 5. The zero-order chi connectivity index (χ0) is 22.3. The summed E-state index contributed by atoms with van der Waals surface area (Å²) in [6, 6.07) is 3.85. The molecule has 1 aliphatic carbocycles. The minimum atomic E-state index is -0.563. The molecule has 31 heavy (non-hydrogen) atoms. The van der Waals surface area contributed by atoms with E-state index in [1.807, 2.05) is 20.8 Å². The van der Waals surface area contributed by atoms with Gasteiger partial charge >= 0.3 is 6.09 Å². The number of benzene rings is 1. The van der Waals surface area contributed by atoms with Crippen LogP contribution in [-0.4, -0.2) is 46.8 Å². The second-order valence-corrected chi connectivity index (χ2v) is 9.56. The van der Waals surface area contributed by atoms with Crippen molar-refractivity contribution in [3.63, 3.8) is 0 Å². The van der Waals surface area contributed by atoms with Crippen molar-refractivity contribution < 1.29 is 23.2 Å². The van der Waals surface area contributed by atoms with Gasteiger partial charge in [0, 0.05) is 30.6 Å². The topological polar surface area (TPSA) is 84.7 Å². The van der Waals surface area contributed by atoms with E-state index >= 15 is 0 Å². The first-order chi connectivity index (χ1) is 14.6. The lowest BCUT2D eigenvalue weighted by Crippen LogP contribution is -2.42. The van der Waals surface area contributed by atoms with Crippen LogP contribution in [0.5, 0.6) is 0 Å². The van der Waals surface area contributed by atoms with Crippen molar-refractivity contribution in [3.8, 4) is 11.3 Å². The zero-order valence-electron chi connectivity index (χ0n) is 17.7. The molecule has 3 atom stereocenters. The Hall–Kier alpha value is -2.61. The van der Waals surface area contributed by atoms with Crippen LogP contribution in [0.1, 0.15) is 44.0 Å². The molecule has 1 aromatic carbocycles. The predicted octanol–water partition coefficient (Wildman–Crippen LogP) is 4.51. The summed E-state index contributed by atoms with van der Waals surface area (Å²) in [7, 11) is 0. The molecule has 0 spiro atoms. The van der Waals surface area contributed by atoms with E-state index < -0.39 is 17.5 Å². The van der Waals surface area contributed by atoms with Gasteiger partial charge in [-0.15, -0.1) is 0 Å². The first-order valence-corrected chi connectivity index (χ1v) is 10.7. The monoisotopic (exact) mass is 449 g/mol. The molecule has 2 heterocycles. The number of alkyl carbamates (subject to hydrolysis) is 1. The van der Waals surface area contributed by atoms with Gasteiger partial charge in [-0.05, 0) is 57.7 Å². The zero-order valence-corrected chi connectivity index (χ0v) is 18.4. The number of fused-ring (bicyclic) bond motifs is 1. The minimum absolute atomic E-state index is 0.0360. The van der Waals surface area contributed by atoms with E-state index in [2.05, 4.69) is 10.5 Å². The molecule has 7 nitrogen and oxygen atoms in total. The Balaban J connectivity index is 1.46. The van der Waals surface area contributed by atoms with Crippen LogP contribution in [-0.2, 0) is 4.74 Å². The minimum Gasteiger partial charge on any atom is -0.444 e. The van der Waals surface area contributed by atoms with Gasteiger partial charge < -0.3 is 19.5 Å². The second kappa shape index (κ2) is 8.15. The molecule has 1 aromatic heterocycles. The third-order valence-corrected chi connectivity index (χ3v) is 6.14. The molecule has 166 valence electrons. The average molecular weight is 450 g/mol. The fourth-order valence-electron chi connectivity index (χ4n) is 4.50. The number of nitrogens with one attached hydrogen (secondary N) is 1. The lowest BCUT2D eigenvalue weighted by molar-refractivity contribution is 0.0491. The summed E-state index contributed by atoms with van der Waals surface area (Å²) in [6.45, 7) is 6.58. The van der Waals surface area contributed by atoms with Crippen molar-refractivity contribution in [2.75, 3.05) is 13.1 Å². The van der Waals surface area contributed by atoms with Gasteiger partial charge in [0.05, 0.1) is 11.2 Å². The Morgan fingerprint density at radius 1 is 1.29 bits per heavy atom. The molecular formula is C22H25ClFN3O4. The summed E-state index contributed by atoms with van der Waals surface area (Å²) in [5.74, 6) is -0.00891. The van der Waals surface area contributed by atoms with E-state index in [0.717, 1.165) is 12.8 Å². The van der Waals surface area contributed by atoms with Gasteiger partial charge in [0.25, 0.3) is 5.91 Å². The van der Waals surface area contributed by atoms with Crippen LogP contribution in [0.25, 0.3) is 11.3 Å². The number of halogens is 2. The number of carbonyl (C=O) groups excluding carboxylic acids is 2. The highest BCUT2D eigenvalue weighted by atomic mass is 35.5. The van der Waals surface area contributed by atoms with Crippen LogP contribution in [0.4, 0.5) is 9.18 Å². The van der Waals surface area contributed by atoms with Gasteiger partial charge in [-0.2, -0.15) is 0 Å². The molecule has 2 fully saturated rings. The third-order valence-electron chi connectivity index (χ3n) is 5.82. The smallest absolute Gasteiger partial charge is 0.407 e. The summed E-state index contributed by atoms with van der Waals surface area (Å²) >= 11 is 6.14. The second-order valence-electron chi connectivity index (χ2n) is 9.16. The van der Waals surface area contributed by atoms with E-state index in [9.17, 15) is 14.0 Å². The summed E-state index contributed by atoms with van der Waals surface area (Å²) in [5.41, 5.74) is 0.129. The fraction of sp³-hybridized carbons (Fsp3) is 0.500. The van der Waals surface area contributed by atoms with Crippen molar-refractivity contribution in [1.29, 1.82) is 0 Å². The van der Waals surface area contributed by atoms with Crippen LogP contribution >= 0.6 is 11.6 Å². The van der Waals surface area contributed by atoms with Crippen LogP contribution in [0.3, 0.4) is 0 Å². The fourth-order valence-corrected chi connectivity index (χ4v) is 4.75. The van der Waals surface area contributed by atoms with E-state index in [0.29, 0.717) is 24.6 Å². The van der Waals surface area contributed by atoms with E-state index in [-0.39, 0.29) is 34.2 Å². The van der Waals surface area contributed by atoms with Gasteiger partial charge in [0.15, 0.2) is 5.76 Å². The third kappa shape index (κ3) is 4.54. The quantitative estimate of drug-likeness (QED) is 0.745. The number of amides is 2. The van der Waals surface area contributed by atoms with Gasteiger partial charge in [-0.3, -0.25) is 4.79 Å². The number of aromatic nitrogens is 1. The van der Waals surface area contributed by atoms with Gasteiger partial charge in [0.2, 0.25) is 0 Å². The normalized spacial score (nSPS) is 23.0. The number of rotatable bonds is 3. The largest absolute Gasteiger partial charge is 0.444 e. The Morgan fingerprint density at radius 2 is 2.06 bits per heavy atom. The first-order valence-electron chi connectivity index (χ1n) is 10.3. The highest BCUT2D eigenvalue weighted by molar-refractivity contribution is 6.33.